The van der Waals surface area contributed by atoms with Gasteiger partial charge in [-0.3, -0.25) is 4.79 Å². The second-order valence-electron chi connectivity index (χ2n) is 9.61. The number of fused-ring (bicyclic) bond motifs is 1. The van der Waals surface area contributed by atoms with E-state index in [1.165, 1.54) is 24.0 Å². The highest BCUT2D eigenvalue weighted by Crippen LogP contribution is 2.40. The van der Waals surface area contributed by atoms with Crippen LogP contribution in [-0.4, -0.2) is 25.7 Å². The zero-order chi connectivity index (χ0) is 24.9. The van der Waals surface area contributed by atoms with Crippen molar-refractivity contribution in [2.24, 2.45) is 0 Å². The number of aryl methyl sites for hydroxylation is 1. The molecule has 4 heteroatoms. The summed E-state index contributed by atoms with van der Waals surface area (Å²) in [6, 6.07) is 21.1. The number of carbonyl (C=O) groups is 1. The molecule has 2 aliphatic rings. The highest BCUT2D eigenvalue weighted by molar-refractivity contribution is 6.35. The van der Waals surface area contributed by atoms with Crippen LogP contribution in [0.2, 0.25) is 0 Å². The Balaban J connectivity index is 1.46. The first-order valence-electron chi connectivity index (χ1n) is 13.3. The molecule has 2 aliphatic heterocycles. The number of nitrogens with one attached hydrogen (secondary N) is 1. The normalized spacial score (nSPS) is 18.9. The Morgan fingerprint density at radius 3 is 2.67 bits per heavy atom. The molecule has 1 atom stereocenters. The van der Waals surface area contributed by atoms with Crippen molar-refractivity contribution >= 4 is 23.2 Å². The average molecular weight is 482 g/mol. The molecule has 1 amide bonds. The van der Waals surface area contributed by atoms with Crippen LogP contribution in [0.1, 0.15) is 67.7 Å². The summed E-state index contributed by atoms with van der Waals surface area (Å²) in [5.74, 6) is 1.37. The maximum absolute atomic E-state index is 12.9. The highest BCUT2D eigenvalue weighted by atomic mass is 16.5. The summed E-state index contributed by atoms with van der Waals surface area (Å²) in [5.41, 5.74) is 8.30. The van der Waals surface area contributed by atoms with Gasteiger partial charge in [-0.25, -0.2) is 0 Å². The van der Waals surface area contributed by atoms with Crippen molar-refractivity contribution in [2.45, 2.75) is 51.9 Å². The van der Waals surface area contributed by atoms with Gasteiger partial charge < -0.3 is 14.8 Å². The summed E-state index contributed by atoms with van der Waals surface area (Å²) >= 11 is 0. The van der Waals surface area contributed by atoms with Crippen LogP contribution >= 0.6 is 0 Å². The van der Waals surface area contributed by atoms with Crippen LogP contribution in [0.25, 0.3) is 22.8 Å². The summed E-state index contributed by atoms with van der Waals surface area (Å²) in [4.78, 5) is 12.9. The van der Waals surface area contributed by atoms with Crippen LogP contribution in [0.5, 0.6) is 5.75 Å². The first-order chi connectivity index (χ1) is 17.7. The lowest BCUT2D eigenvalue weighted by Crippen LogP contribution is -2.09. The molecule has 5 rings (SSSR count). The minimum Gasteiger partial charge on any atom is -0.493 e. The molecule has 1 fully saturated rings. The standard InChI is InChI=1S/C32H35NO3/c1-3-23-9-7-10-30(36-4-2)31(23)26-15-16-29-27(21-26)28(32(34)33-29)20-22-11-13-25(14-12-22)24-8-5-6-18-35-19-17-24/h7,9-16,20-21,24H,3-6,8,17-19H2,1-2H3,(H,33,34)/b28-20+. The van der Waals surface area contributed by atoms with Crippen molar-refractivity contribution in [3.8, 4) is 16.9 Å². The molecule has 3 aromatic rings. The molecule has 186 valence electrons. The number of carbonyl (C=O) groups excluding carboxylic acids is 1. The molecule has 1 N–H and O–H groups in total. The van der Waals surface area contributed by atoms with E-state index in [-0.39, 0.29) is 5.91 Å². The third kappa shape index (κ3) is 5.10. The Labute approximate surface area is 214 Å². The lowest BCUT2D eigenvalue weighted by atomic mass is 9.89. The van der Waals surface area contributed by atoms with Gasteiger partial charge in [0.25, 0.3) is 5.91 Å². The molecule has 2 heterocycles. The van der Waals surface area contributed by atoms with Crippen LogP contribution in [0.3, 0.4) is 0 Å². The molecule has 0 aromatic heterocycles. The first kappa shape index (κ1) is 24.3. The third-order valence-corrected chi connectivity index (χ3v) is 7.31. The largest absolute Gasteiger partial charge is 0.493 e. The summed E-state index contributed by atoms with van der Waals surface area (Å²) < 4.78 is 11.7. The van der Waals surface area contributed by atoms with E-state index < -0.39 is 0 Å². The maximum atomic E-state index is 12.9. The van der Waals surface area contributed by atoms with Crippen molar-refractivity contribution in [2.75, 3.05) is 25.1 Å². The zero-order valence-corrected chi connectivity index (χ0v) is 21.3. The van der Waals surface area contributed by atoms with Crippen LogP contribution in [-0.2, 0) is 16.0 Å². The smallest absolute Gasteiger partial charge is 0.256 e. The van der Waals surface area contributed by atoms with E-state index >= 15 is 0 Å². The number of ether oxygens (including phenoxy) is 2. The summed E-state index contributed by atoms with van der Waals surface area (Å²) in [5, 5.41) is 3.04. The molecule has 0 aliphatic carbocycles. The van der Waals surface area contributed by atoms with Crippen LogP contribution in [0.4, 0.5) is 5.69 Å². The Morgan fingerprint density at radius 2 is 1.86 bits per heavy atom. The minimum absolute atomic E-state index is 0.0581. The first-order valence-corrected chi connectivity index (χ1v) is 13.3. The van der Waals surface area contributed by atoms with Gasteiger partial charge in [0.15, 0.2) is 0 Å². The highest BCUT2D eigenvalue weighted by Gasteiger charge is 2.25. The Morgan fingerprint density at radius 1 is 1.00 bits per heavy atom. The molecule has 1 unspecified atom stereocenters. The quantitative estimate of drug-likeness (QED) is 0.371. The fourth-order valence-electron chi connectivity index (χ4n) is 5.39. The van der Waals surface area contributed by atoms with Gasteiger partial charge in [-0.2, -0.15) is 0 Å². The molecule has 36 heavy (non-hydrogen) atoms. The maximum Gasteiger partial charge on any atom is 0.256 e. The topological polar surface area (TPSA) is 47.6 Å². The lowest BCUT2D eigenvalue weighted by Gasteiger charge is -2.20. The zero-order valence-electron chi connectivity index (χ0n) is 21.3. The number of hydrogen-bond acceptors (Lipinski definition) is 3. The molecule has 0 radical (unpaired) electrons. The number of hydrogen-bond donors (Lipinski definition) is 1. The molecular weight excluding hydrogens is 446 g/mol. The van der Waals surface area contributed by atoms with Crippen LogP contribution in [0, 0.1) is 0 Å². The van der Waals surface area contributed by atoms with Gasteiger partial charge in [0.1, 0.15) is 5.75 Å². The summed E-state index contributed by atoms with van der Waals surface area (Å²) in [7, 11) is 0. The van der Waals surface area contributed by atoms with E-state index in [2.05, 4.69) is 54.7 Å². The molecule has 3 aromatic carbocycles. The van der Waals surface area contributed by atoms with E-state index in [4.69, 9.17) is 9.47 Å². The Kier molecular flexibility index (Phi) is 7.52. The predicted molar refractivity (Wildman–Crippen MR) is 147 cm³/mol. The SMILES string of the molecule is CCOc1cccc(CC)c1-c1ccc2c(c1)/C(=C\c1ccc(C3CCCCOCC3)cc1)C(=O)N2. The second-order valence-corrected chi connectivity index (χ2v) is 9.61. The van der Waals surface area contributed by atoms with Crippen LogP contribution < -0.4 is 10.1 Å². The monoisotopic (exact) mass is 481 g/mol. The number of benzene rings is 3. The van der Waals surface area contributed by atoms with E-state index in [0.29, 0.717) is 18.1 Å². The Hall–Kier alpha value is -3.37. The molecule has 4 nitrogen and oxygen atoms in total. The van der Waals surface area contributed by atoms with E-state index in [1.54, 1.807) is 0 Å². The average Bonchev–Trinajstić information content (AvgIpc) is 3.18. The van der Waals surface area contributed by atoms with Crippen molar-refractivity contribution in [3.63, 3.8) is 0 Å². The number of amides is 1. The van der Waals surface area contributed by atoms with E-state index in [9.17, 15) is 4.79 Å². The third-order valence-electron chi connectivity index (χ3n) is 7.31. The van der Waals surface area contributed by atoms with Crippen LogP contribution in [0.15, 0.2) is 60.7 Å². The van der Waals surface area contributed by atoms with Gasteiger partial charge in [0.05, 0.1) is 6.61 Å². The lowest BCUT2D eigenvalue weighted by molar-refractivity contribution is -0.110. The molecule has 0 bridgehead atoms. The minimum atomic E-state index is -0.0581. The number of rotatable bonds is 6. The number of anilines is 1. The summed E-state index contributed by atoms with van der Waals surface area (Å²) in [6.07, 6.45) is 7.55. The second kappa shape index (κ2) is 11.1. The summed E-state index contributed by atoms with van der Waals surface area (Å²) in [6.45, 7) is 6.50. The van der Waals surface area contributed by atoms with Crippen molar-refractivity contribution in [1.82, 2.24) is 0 Å². The fraction of sp³-hybridized carbons (Fsp3) is 0.344. The van der Waals surface area contributed by atoms with Gasteiger partial charge in [0.2, 0.25) is 0 Å². The van der Waals surface area contributed by atoms with Gasteiger partial charge in [-0.1, -0.05) is 55.8 Å². The van der Waals surface area contributed by atoms with Gasteiger partial charge >= 0.3 is 0 Å². The fourth-order valence-corrected chi connectivity index (χ4v) is 5.39. The van der Waals surface area contributed by atoms with E-state index in [1.807, 2.05) is 31.2 Å². The van der Waals surface area contributed by atoms with Gasteiger partial charge in [-0.05, 0) is 85.1 Å². The van der Waals surface area contributed by atoms with Gasteiger partial charge in [-0.15, -0.1) is 0 Å². The molecule has 0 spiro atoms. The molecule has 0 saturated carbocycles. The van der Waals surface area contributed by atoms with E-state index in [0.717, 1.165) is 66.2 Å². The van der Waals surface area contributed by atoms with Crippen molar-refractivity contribution in [1.29, 1.82) is 0 Å². The van der Waals surface area contributed by atoms with Crippen molar-refractivity contribution < 1.29 is 14.3 Å². The predicted octanol–water partition coefficient (Wildman–Crippen LogP) is 7.48. The molecule has 1 saturated heterocycles. The Bertz CT molecular complexity index is 1250. The van der Waals surface area contributed by atoms with Gasteiger partial charge in [0, 0.05) is 35.6 Å². The van der Waals surface area contributed by atoms with Crippen molar-refractivity contribution in [3.05, 3.63) is 82.9 Å². The molecular formula is C32H35NO3.